The summed E-state index contributed by atoms with van der Waals surface area (Å²) in [5.41, 5.74) is 6.09. The molecule has 0 amide bonds. The molecule has 0 radical (unpaired) electrons. The van der Waals surface area contributed by atoms with Gasteiger partial charge in [0.05, 0.1) is 12.1 Å². The van der Waals surface area contributed by atoms with Gasteiger partial charge in [-0.3, -0.25) is 4.79 Å². The highest BCUT2D eigenvalue weighted by Crippen LogP contribution is 2.36. The number of hydrogen-bond acceptors (Lipinski definition) is 1. The minimum absolute atomic E-state index is 0.00144. The van der Waals surface area contributed by atoms with Gasteiger partial charge in [-0.15, -0.1) is 0 Å². The summed E-state index contributed by atoms with van der Waals surface area (Å²) in [5.74, 6) is -0.818. The van der Waals surface area contributed by atoms with E-state index in [-0.39, 0.29) is 6.42 Å². The molecule has 0 fully saturated rings. The van der Waals surface area contributed by atoms with Crippen molar-refractivity contribution in [1.82, 2.24) is 4.98 Å². The van der Waals surface area contributed by atoms with Gasteiger partial charge in [0.1, 0.15) is 0 Å². The first-order valence-corrected chi connectivity index (χ1v) is 8.36. The third-order valence-electron chi connectivity index (χ3n) is 4.74. The van der Waals surface area contributed by atoms with E-state index in [9.17, 15) is 9.90 Å². The van der Waals surface area contributed by atoms with Crippen LogP contribution in [0.15, 0.2) is 54.6 Å². The zero-order chi connectivity index (χ0) is 17.6. The smallest absolute Gasteiger partial charge is 0.307 e. The minimum atomic E-state index is -0.818. The zero-order valence-corrected chi connectivity index (χ0v) is 14.3. The summed E-state index contributed by atoms with van der Waals surface area (Å²) in [7, 11) is 0. The molecule has 0 aliphatic carbocycles. The van der Waals surface area contributed by atoms with Gasteiger partial charge in [-0.05, 0) is 41.8 Å². The molecular formula is C22H19NO2. The number of H-pyrrole nitrogens is 1. The number of rotatable bonds is 3. The molecule has 3 nitrogen and oxygen atoms in total. The molecule has 0 bridgehead atoms. The summed E-state index contributed by atoms with van der Waals surface area (Å²) in [6.07, 6.45) is 0.00144. The van der Waals surface area contributed by atoms with Crippen LogP contribution in [0.25, 0.3) is 32.9 Å². The lowest BCUT2D eigenvalue weighted by molar-refractivity contribution is -0.136. The maximum absolute atomic E-state index is 11.5. The van der Waals surface area contributed by atoms with E-state index >= 15 is 0 Å². The van der Waals surface area contributed by atoms with Crippen LogP contribution >= 0.6 is 0 Å². The fraction of sp³-hybridized carbons (Fsp3) is 0.136. The van der Waals surface area contributed by atoms with Crippen molar-refractivity contribution in [1.29, 1.82) is 0 Å². The van der Waals surface area contributed by atoms with E-state index in [0.717, 1.165) is 49.6 Å². The van der Waals surface area contributed by atoms with Gasteiger partial charge >= 0.3 is 5.97 Å². The molecule has 2 N–H and O–H groups in total. The minimum Gasteiger partial charge on any atom is -0.481 e. The number of aryl methyl sites for hydroxylation is 2. The highest BCUT2D eigenvalue weighted by atomic mass is 16.4. The number of hydrogen-bond donors (Lipinski definition) is 2. The second-order valence-electron chi connectivity index (χ2n) is 6.58. The quantitative estimate of drug-likeness (QED) is 0.540. The number of benzene rings is 3. The van der Waals surface area contributed by atoms with E-state index < -0.39 is 5.97 Å². The third-order valence-corrected chi connectivity index (χ3v) is 4.74. The standard InChI is InChI=1S/C22H19NO2/c1-13-10-14(2)21-18(11-13)19(12-20(24)25)22(23-21)17-9-5-7-15-6-3-4-8-16(15)17/h3-11,23H,12H2,1-2H3,(H,24,25). The largest absolute Gasteiger partial charge is 0.481 e. The molecule has 3 heteroatoms. The Hall–Kier alpha value is -3.07. The van der Waals surface area contributed by atoms with E-state index in [1.165, 1.54) is 0 Å². The van der Waals surface area contributed by atoms with Crippen LogP contribution in [0.4, 0.5) is 0 Å². The van der Waals surface area contributed by atoms with Crippen LogP contribution in [0.2, 0.25) is 0 Å². The van der Waals surface area contributed by atoms with Gasteiger partial charge in [-0.2, -0.15) is 0 Å². The summed E-state index contributed by atoms with van der Waals surface area (Å²) in [6, 6.07) is 18.5. The van der Waals surface area contributed by atoms with Gasteiger partial charge in [0.25, 0.3) is 0 Å². The molecule has 1 aromatic heterocycles. The Bertz CT molecular complexity index is 1120. The number of carboxylic acid groups (broad SMARTS) is 1. The summed E-state index contributed by atoms with van der Waals surface area (Å²) in [6.45, 7) is 4.10. The molecule has 0 spiro atoms. The van der Waals surface area contributed by atoms with Crippen LogP contribution in [0.3, 0.4) is 0 Å². The predicted molar refractivity (Wildman–Crippen MR) is 102 cm³/mol. The Labute approximate surface area is 145 Å². The van der Waals surface area contributed by atoms with Crippen LogP contribution in [0.1, 0.15) is 16.7 Å². The first-order valence-electron chi connectivity index (χ1n) is 8.36. The first kappa shape index (κ1) is 15.5. The molecule has 1 heterocycles. The molecular weight excluding hydrogens is 310 g/mol. The zero-order valence-electron chi connectivity index (χ0n) is 14.3. The van der Waals surface area contributed by atoms with Gasteiger partial charge in [0, 0.05) is 16.5 Å². The lowest BCUT2D eigenvalue weighted by Gasteiger charge is -2.07. The molecule has 3 aromatic carbocycles. The predicted octanol–water partition coefficient (Wildman–Crippen LogP) is 5.23. The second kappa shape index (κ2) is 5.78. The highest BCUT2D eigenvalue weighted by molar-refractivity contribution is 6.02. The van der Waals surface area contributed by atoms with Crippen LogP contribution in [-0.2, 0) is 11.2 Å². The molecule has 0 unspecified atom stereocenters. The number of aromatic amines is 1. The molecule has 0 atom stereocenters. The lowest BCUT2D eigenvalue weighted by atomic mass is 9.97. The molecule has 4 aromatic rings. The van der Waals surface area contributed by atoms with E-state index in [1.54, 1.807) is 0 Å². The number of nitrogens with one attached hydrogen (secondary N) is 1. The van der Waals surface area contributed by atoms with Crippen molar-refractivity contribution in [2.45, 2.75) is 20.3 Å². The maximum atomic E-state index is 11.5. The Kier molecular flexibility index (Phi) is 3.57. The topological polar surface area (TPSA) is 53.1 Å². The van der Waals surface area contributed by atoms with Crippen molar-refractivity contribution in [3.05, 3.63) is 71.3 Å². The van der Waals surface area contributed by atoms with Crippen LogP contribution < -0.4 is 0 Å². The van der Waals surface area contributed by atoms with Gasteiger partial charge in [0.2, 0.25) is 0 Å². The number of fused-ring (bicyclic) bond motifs is 2. The van der Waals surface area contributed by atoms with Crippen LogP contribution in [-0.4, -0.2) is 16.1 Å². The van der Waals surface area contributed by atoms with E-state index in [2.05, 4.69) is 48.3 Å². The van der Waals surface area contributed by atoms with E-state index in [0.29, 0.717) is 0 Å². The van der Waals surface area contributed by atoms with Crippen LogP contribution in [0, 0.1) is 13.8 Å². The van der Waals surface area contributed by atoms with Crippen molar-refractivity contribution >= 4 is 27.6 Å². The van der Waals surface area contributed by atoms with Gasteiger partial charge in [-0.1, -0.05) is 54.1 Å². The van der Waals surface area contributed by atoms with Crippen molar-refractivity contribution in [2.75, 3.05) is 0 Å². The van der Waals surface area contributed by atoms with Crippen molar-refractivity contribution in [3.63, 3.8) is 0 Å². The fourth-order valence-corrected chi connectivity index (χ4v) is 3.71. The normalized spacial score (nSPS) is 11.3. The van der Waals surface area contributed by atoms with Gasteiger partial charge in [-0.25, -0.2) is 0 Å². The maximum Gasteiger partial charge on any atom is 0.307 e. The number of carboxylic acids is 1. The Morgan fingerprint density at radius 3 is 2.56 bits per heavy atom. The molecule has 0 aliphatic rings. The lowest BCUT2D eigenvalue weighted by Crippen LogP contribution is -2.01. The Balaban J connectivity index is 2.10. The monoisotopic (exact) mass is 329 g/mol. The van der Waals surface area contributed by atoms with Crippen molar-refractivity contribution in [3.8, 4) is 11.3 Å². The fourth-order valence-electron chi connectivity index (χ4n) is 3.71. The number of aliphatic carboxylic acids is 1. The molecule has 0 saturated heterocycles. The van der Waals surface area contributed by atoms with Gasteiger partial charge < -0.3 is 10.1 Å². The number of carbonyl (C=O) groups is 1. The average molecular weight is 329 g/mol. The summed E-state index contributed by atoms with van der Waals surface area (Å²) >= 11 is 0. The average Bonchev–Trinajstić information content (AvgIpc) is 2.92. The van der Waals surface area contributed by atoms with Crippen molar-refractivity contribution in [2.24, 2.45) is 0 Å². The van der Waals surface area contributed by atoms with E-state index in [1.807, 2.05) is 25.1 Å². The molecule has 0 aliphatic heterocycles. The molecule has 4 rings (SSSR count). The SMILES string of the molecule is Cc1cc(C)c2[nH]c(-c3cccc4ccccc34)c(CC(=O)O)c2c1. The molecule has 0 saturated carbocycles. The van der Waals surface area contributed by atoms with Crippen molar-refractivity contribution < 1.29 is 9.90 Å². The summed E-state index contributed by atoms with van der Waals surface area (Å²) < 4.78 is 0. The van der Waals surface area contributed by atoms with Gasteiger partial charge in [0.15, 0.2) is 0 Å². The van der Waals surface area contributed by atoms with Crippen LogP contribution in [0.5, 0.6) is 0 Å². The molecule has 124 valence electrons. The Morgan fingerprint density at radius 2 is 1.76 bits per heavy atom. The summed E-state index contributed by atoms with van der Waals surface area (Å²) in [4.78, 5) is 15.0. The first-order chi connectivity index (χ1) is 12.0. The highest BCUT2D eigenvalue weighted by Gasteiger charge is 2.18. The Morgan fingerprint density at radius 1 is 1.00 bits per heavy atom. The van der Waals surface area contributed by atoms with E-state index in [4.69, 9.17) is 0 Å². The number of aromatic nitrogens is 1. The third kappa shape index (κ3) is 2.58. The summed E-state index contributed by atoms with van der Waals surface area (Å²) in [5, 5.41) is 12.7. The second-order valence-corrected chi connectivity index (χ2v) is 6.58. The molecule has 25 heavy (non-hydrogen) atoms.